The molecule has 0 aliphatic heterocycles. The summed E-state index contributed by atoms with van der Waals surface area (Å²) in [4.78, 5) is 25.0. The summed E-state index contributed by atoms with van der Waals surface area (Å²) in [6.07, 6.45) is 3.67. The van der Waals surface area contributed by atoms with E-state index in [0.29, 0.717) is 21.6 Å². The molecular weight excluding hydrogens is 386 g/mol. The van der Waals surface area contributed by atoms with Crippen LogP contribution >= 0.6 is 15.9 Å². The first kappa shape index (κ1) is 17.2. The van der Waals surface area contributed by atoms with Gasteiger partial charge in [-0.3, -0.25) is 14.7 Å². The van der Waals surface area contributed by atoms with E-state index in [0.717, 1.165) is 12.8 Å². The lowest BCUT2D eigenvalue weighted by Crippen LogP contribution is -2.34. The van der Waals surface area contributed by atoms with Crippen LogP contribution in [0.3, 0.4) is 0 Å². The quantitative estimate of drug-likeness (QED) is 0.714. The second kappa shape index (κ2) is 7.07. The number of amides is 2. The van der Waals surface area contributed by atoms with Crippen LogP contribution in [0.5, 0.6) is 0 Å². The summed E-state index contributed by atoms with van der Waals surface area (Å²) >= 11 is 3.33. The van der Waals surface area contributed by atoms with E-state index < -0.39 is 5.91 Å². The highest BCUT2D eigenvalue weighted by Gasteiger charge is 2.30. The number of hydrogen-bond donors (Lipinski definition) is 3. The van der Waals surface area contributed by atoms with Gasteiger partial charge in [-0.2, -0.15) is 10.4 Å². The molecule has 0 saturated heterocycles. The number of anilines is 1. The number of hydrogen-bond acceptors (Lipinski definition) is 4. The standard InChI is InChI=1S/C17H16BrN5O2/c1-9(11-2-3-11)21-16(24)12-6-10(8-19)7-13(18)15(12)22-17(25)14-4-5-20-23-14/h4-7,9,11H,2-3H2,1H3,(H,20,23)(H,21,24)(H,22,25). The maximum absolute atomic E-state index is 12.7. The SMILES string of the molecule is CC(NC(=O)c1cc(C#N)cc(Br)c1NC(=O)c1ccn[nH]1)C1CC1. The Balaban J connectivity index is 1.91. The molecule has 2 aromatic rings. The zero-order valence-electron chi connectivity index (χ0n) is 13.5. The first-order valence-corrected chi connectivity index (χ1v) is 8.64. The Hall–Kier alpha value is -2.66. The Morgan fingerprint density at radius 3 is 2.76 bits per heavy atom. The molecule has 1 unspecified atom stereocenters. The maximum Gasteiger partial charge on any atom is 0.273 e. The average Bonchev–Trinajstić information content (AvgIpc) is 3.30. The van der Waals surface area contributed by atoms with Gasteiger partial charge in [0.25, 0.3) is 11.8 Å². The van der Waals surface area contributed by atoms with Crippen LogP contribution in [-0.2, 0) is 0 Å². The van der Waals surface area contributed by atoms with Crippen molar-refractivity contribution in [3.05, 3.63) is 45.7 Å². The van der Waals surface area contributed by atoms with Crippen LogP contribution in [0.1, 0.15) is 46.2 Å². The van der Waals surface area contributed by atoms with Gasteiger partial charge >= 0.3 is 0 Å². The van der Waals surface area contributed by atoms with E-state index in [1.165, 1.54) is 18.3 Å². The van der Waals surface area contributed by atoms with Crippen molar-refractivity contribution >= 4 is 33.4 Å². The predicted octanol–water partition coefficient (Wildman–Crippen LogP) is 2.82. The highest BCUT2D eigenvalue weighted by molar-refractivity contribution is 9.10. The minimum Gasteiger partial charge on any atom is -0.349 e. The molecule has 1 heterocycles. The lowest BCUT2D eigenvalue weighted by molar-refractivity contribution is 0.0936. The van der Waals surface area contributed by atoms with Gasteiger partial charge in [-0.25, -0.2) is 0 Å². The van der Waals surface area contributed by atoms with E-state index in [1.54, 1.807) is 6.07 Å². The van der Waals surface area contributed by atoms with Gasteiger partial charge in [0, 0.05) is 16.7 Å². The fourth-order valence-electron chi connectivity index (χ4n) is 2.54. The number of aromatic amines is 1. The molecule has 1 fully saturated rings. The van der Waals surface area contributed by atoms with Gasteiger partial charge < -0.3 is 10.6 Å². The number of carbonyl (C=O) groups excluding carboxylic acids is 2. The van der Waals surface area contributed by atoms with Gasteiger partial charge in [0.2, 0.25) is 0 Å². The van der Waals surface area contributed by atoms with Crippen LogP contribution < -0.4 is 10.6 Å². The number of halogens is 1. The molecule has 8 heteroatoms. The van der Waals surface area contributed by atoms with Crippen molar-refractivity contribution in [3.8, 4) is 6.07 Å². The molecule has 1 atom stereocenters. The van der Waals surface area contributed by atoms with Gasteiger partial charge in [-0.15, -0.1) is 0 Å². The summed E-state index contributed by atoms with van der Waals surface area (Å²) < 4.78 is 0.462. The Labute approximate surface area is 152 Å². The van der Waals surface area contributed by atoms with Crippen molar-refractivity contribution in [3.63, 3.8) is 0 Å². The molecule has 3 rings (SSSR count). The van der Waals surface area contributed by atoms with Crippen molar-refractivity contribution in [2.24, 2.45) is 5.92 Å². The van der Waals surface area contributed by atoms with Gasteiger partial charge in [-0.1, -0.05) is 0 Å². The van der Waals surface area contributed by atoms with Crippen molar-refractivity contribution in [1.29, 1.82) is 5.26 Å². The predicted molar refractivity (Wildman–Crippen MR) is 95.1 cm³/mol. The molecule has 3 N–H and O–H groups in total. The third kappa shape index (κ3) is 3.88. The molecule has 0 spiro atoms. The van der Waals surface area contributed by atoms with Gasteiger partial charge in [0.05, 0.1) is 22.9 Å². The van der Waals surface area contributed by atoms with E-state index in [4.69, 9.17) is 5.26 Å². The Morgan fingerprint density at radius 1 is 1.40 bits per heavy atom. The Kier molecular flexibility index (Phi) is 4.86. The van der Waals surface area contributed by atoms with Gasteiger partial charge in [-0.05, 0) is 59.8 Å². The summed E-state index contributed by atoms with van der Waals surface area (Å²) in [5.74, 6) is -0.251. The van der Waals surface area contributed by atoms with Crippen LogP contribution in [0, 0.1) is 17.2 Å². The van der Waals surface area contributed by atoms with Crippen molar-refractivity contribution in [2.75, 3.05) is 5.32 Å². The third-order valence-corrected chi connectivity index (χ3v) is 4.76. The minimum absolute atomic E-state index is 0.0492. The van der Waals surface area contributed by atoms with E-state index in [2.05, 4.69) is 36.8 Å². The molecule has 2 amide bonds. The molecule has 7 nitrogen and oxygen atoms in total. The molecule has 25 heavy (non-hydrogen) atoms. The molecule has 1 aliphatic rings. The first-order valence-electron chi connectivity index (χ1n) is 7.85. The van der Waals surface area contributed by atoms with E-state index in [9.17, 15) is 9.59 Å². The van der Waals surface area contributed by atoms with E-state index >= 15 is 0 Å². The second-order valence-electron chi connectivity index (χ2n) is 6.02. The topological polar surface area (TPSA) is 111 Å². The molecule has 1 aliphatic carbocycles. The molecule has 1 saturated carbocycles. The maximum atomic E-state index is 12.7. The average molecular weight is 402 g/mol. The number of nitrogens with one attached hydrogen (secondary N) is 3. The number of benzene rings is 1. The highest BCUT2D eigenvalue weighted by Crippen LogP contribution is 2.33. The second-order valence-corrected chi connectivity index (χ2v) is 6.87. The van der Waals surface area contributed by atoms with Crippen LogP contribution in [0.25, 0.3) is 0 Å². The lowest BCUT2D eigenvalue weighted by atomic mass is 10.1. The van der Waals surface area contributed by atoms with Crippen molar-refractivity contribution in [1.82, 2.24) is 15.5 Å². The fraction of sp³-hybridized carbons (Fsp3) is 0.294. The number of carbonyl (C=O) groups is 2. The number of nitrogens with zero attached hydrogens (tertiary/aromatic N) is 2. The zero-order valence-corrected chi connectivity index (χ0v) is 15.1. The summed E-state index contributed by atoms with van der Waals surface area (Å²) in [6, 6.07) is 6.63. The summed E-state index contributed by atoms with van der Waals surface area (Å²) in [6.45, 7) is 1.96. The summed E-state index contributed by atoms with van der Waals surface area (Å²) in [5, 5.41) is 21.1. The van der Waals surface area contributed by atoms with E-state index in [1.807, 2.05) is 13.0 Å². The lowest BCUT2D eigenvalue weighted by Gasteiger charge is -2.17. The van der Waals surface area contributed by atoms with Crippen LogP contribution in [-0.4, -0.2) is 28.1 Å². The molecular formula is C17H16BrN5O2. The van der Waals surface area contributed by atoms with Crippen LogP contribution in [0.2, 0.25) is 0 Å². The van der Waals surface area contributed by atoms with Crippen LogP contribution in [0.4, 0.5) is 5.69 Å². The van der Waals surface area contributed by atoms with Crippen molar-refractivity contribution < 1.29 is 9.59 Å². The Morgan fingerprint density at radius 2 is 2.16 bits per heavy atom. The van der Waals surface area contributed by atoms with E-state index in [-0.39, 0.29) is 23.2 Å². The highest BCUT2D eigenvalue weighted by atomic mass is 79.9. The smallest absolute Gasteiger partial charge is 0.273 e. The summed E-state index contributed by atoms with van der Waals surface area (Å²) in [7, 11) is 0. The Bertz CT molecular complexity index is 853. The third-order valence-electron chi connectivity index (χ3n) is 4.14. The molecule has 1 aromatic heterocycles. The number of aromatic nitrogens is 2. The zero-order chi connectivity index (χ0) is 18.0. The van der Waals surface area contributed by atoms with Gasteiger partial charge in [0.1, 0.15) is 5.69 Å². The summed E-state index contributed by atoms with van der Waals surface area (Å²) in [5.41, 5.74) is 1.16. The number of nitriles is 1. The van der Waals surface area contributed by atoms with Gasteiger partial charge in [0.15, 0.2) is 0 Å². The largest absolute Gasteiger partial charge is 0.349 e. The van der Waals surface area contributed by atoms with Crippen molar-refractivity contribution in [2.45, 2.75) is 25.8 Å². The number of H-pyrrole nitrogens is 1. The minimum atomic E-state index is -0.424. The molecule has 128 valence electrons. The molecule has 0 bridgehead atoms. The molecule has 1 aromatic carbocycles. The number of rotatable bonds is 5. The normalized spacial score (nSPS) is 14.4. The molecule has 0 radical (unpaired) electrons. The first-order chi connectivity index (χ1) is 12.0. The van der Waals surface area contributed by atoms with Crippen LogP contribution in [0.15, 0.2) is 28.9 Å². The fourth-order valence-corrected chi connectivity index (χ4v) is 3.10. The monoisotopic (exact) mass is 401 g/mol.